The van der Waals surface area contributed by atoms with Gasteiger partial charge in [-0.25, -0.2) is 9.37 Å². The van der Waals surface area contributed by atoms with Gasteiger partial charge in [-0.15, -0.1) is 0 Å². The topological polar surface area (TPSA) is 48.8 Å². The zero-order valence-electron chi connectivity index (χ0n) is 16.6. The molecule has 0 aliphatic carbocycles. The lowest BCUT2D eigenvalue weighted by molar-refractivity contribution is 0.201. The van der Waals surface area contributed by atoms with E-state index in [4.69, 9.17) is 14.8 Å². The fraction of sp³-hybridized carbons (Fsp3) is 0.348. The van der Waals surface area contributed by atoms with E-state index in [-0.39, 0.29) is 19.0 Å². The molecule has 1 aliphatic rings. The summed E-state index contributed by atoms with van der Waals surface area (Å²) in [4.78, 5) is 9.61. The van der Waals surface area contributed by atoms with Gasteiger partial charge in [0, 0.05) is 37.1 Å². The van der Waals surface area contributed by atoms with E-state index in [1.54, 1.807) is 6.07 Å². The molecule has 29 heavy (non-hydrogen) atoms. The van der Waals surface area contributed by atoms with Crippen LogP contribution in [0.1, 0.15) is 6.92 Å². The molecule has 0 bridgehead atoms. The van der Waals surface area contributed by atoms with Crippen molar-refractivity contribution in [3.63, 3.8) is 0 Å². The molecule has 3 aromatic rings. The van der Waals surface area contributed by atoms with Gasteiger partial charge in [0.15, 0.2) is 0 Å². The third-order valence-electron chi connectivity index (χ3n) is 5.40. The number of aliphatic hydroxyl groups excluding tert-OH is 1. The summed E-state index contributed by atoms with van der Waals surface area (Å²) in [5.41, 5.74) is 1.83. The van der Waals surface area contributed by atoms with Crippen LogP contribution in [0.15, 0.2) is 48.5 Å². The lowest BCUT2D eigenvalue weighted by Gasteiger charge is -2.35. The number of benzene rings is 2. The minimum atomic E-state index is -0.245. The summed E-state index contributed by atoms with van der Waals surface area (Å²) < 4.78 is 19.4. The van der Waals surface area contributed by atoms with E-state index in [0.717, 1.165) is 60.6 Å². The second kappa shape index (κ2) is 8.76. The van der Waals surface area contributed by atoms with Gasteiger partial charge in [0.05, 0.1) is 12.3 Å². The number of nitrogens with zero attached hydrogens (tertiary/aromatic N) is 3. The van der Waals surface area contributed by atoms with Gasteiger partial charge in [-0.05, 0) is 54.4 Å². The maximum Gasteiger partial charge on any atom is 0.137 e. The average Bonchev–Trinajstić information content (AvgIpc) is 2.77. The summed E-state index contributed by atoms with van der Waals surface area (Å²) in [5, 5.41) is 10.7. The Bertz CT molecular complexity index is 970. The SMILES string of the molecule is CCN1CCN(c2nc(-c3ccc(OCCO)cc3)cc3ccc(F)cc23)CC1. The molecule has 5 nitrogen and oxygen atoms in total. The first kappa shape index (κ1) is 19.6. The van der Waals surface area contributed by atoms with Gasteiger partial charge >= 0.3 is 0 Å². The van der Waals surface area contributed by atoms with Crippen molar-refractivity contribution < 1.29 is 14.2 Å². The Kier molecular flexibility index (Phi) is 5.92. The Morgan fingerprint density at radius 3 is 2.48 bits per heavy atom. The molecule has 0 saturated carbocycles. The Morgan fingerprint density at radius 1 is 1.03 bits per heavy atom. The van der Waals surface area contributed by atoms with Crippen molar-refractivity contribution in [3.8, 4) is 17.0 Å². The standard InChI is InChI=1S/C23H26FN3O2/c1-2-26-9-11-27(12-10-26)23-21-16-19(24)6-3-18(21)15-22(25-23)17-4-7-20(8-5-17)29-14-13-28/h3-8,15-16,28H,2,9-14H2,1H3. The van der Waals surface area contributed by atoms with Crippen molar-refractivity contribution in [3.05, 3.63) is 54.3 Å². The lowest BCUT2D eigenvalue weighted by Crippen LogP contribution is -2.46. The molecule has 1 N–H and O–H groups in total. The number of piperazine rings is 1. The Labute approximate surface area is 170 Å². The van der Waals surface area contributed by atoms with Crippen LogP contribution in [-0.4, -0.2) is 60.9 Å². The number of aromatic nitrogens is 1. The molecule has 0 atom stereocenters. The van der Waals surface area contributed by atoms with Crippen molar-refractivity contribution in [2.75, 3.05) is 50.8 Å². The first-order chi connectivity index (χ1) is 14.2. The van der Waals surface area contributed by atoms with Crippen molar-refractivity contribution in [1.29, 1.82) is 0 Å². The largest absolute Gasteiger partial charge is 0.491 e. The smallest absolute Gasteiger partial charge is 0.137 e. The number of aliphatic hydroxyl groups is 1. The Hall–Kier alpha value is -2.70. The number of pyridine rings is 1. The van der Waals surface area contributed by atoms with E-state index in [1.165, 1.54) is 6.07 Å². The summed E-state index contributed by atoms with van der Waals surface area (Å²) in [6, 6.07) is 14.6. The van der Waals surface area contributed by atoms with Crippen LogP contribution in [0.4, 0.5) is 10.2 Å². The molecule has 0 amide bonds. The molecule has 0 unspecified atom stereocenters. The van der Waals surface area contributed by atoms with Gasteiger partial charge in [-0.3, -0.25) is 0 Å². The number of hydrogen-bond acceptors (Lipinski definition) is 5. The minimum Gasteiger partial charge on any atom is -0.491 e. The summed E-state index contributed by atoms with van der Waals surface area (Å²) >= 11 is 0. The van der Waals surface area contributed by atoms with E-state index in [2.05, 4.69) is 16.7 Å². The molecule has 2 aromatic carbocycles. The number of likely N-dealkylation sites (N-methyl/N-ethyl adjacent to an activating group) is 1. The Balaban J connectivity index is 1.71. The van der Waals surface area contributed by atoms with Crippen molar-refractivity contribution in [2.24, 2.45) is 0 Å². The fourth-order valence-corrected chi connectivity index (χ4v) is 3.75. The van der Waals surface area contributed by atoms with Crippen LogP contribution < -0.4 is 9.64 Å². The molecule has 2 heterocycles. The molecule has 0 radical (unpaired) electrons. The van der Waals surface area contributed by atoms with Gasteiger partial charge in [-0.1, -0.05) is 13.0 Å². The first-order valence-corrected chi connectivity index (χ1v) is 10.1. The lowest BCUT2D eigenvalue weighted by atomic mass is 10.1. The van der Waals surface area contributed by atoms with Gasteiger partial charge < -0.3 is 19.6 Å². The second-order valence-corrected chi connectivity index (χ2v) is 7.21. The highest BCUT2D eigenvalue weighted by Gasteiger charge is 2.20. The molecule has 1 aromatic heterocycles. The highest BCUT2D eigenvalue weighted by Crippen LogP contribution is 2.32. The molecule has 6 heteroatoms. The van der Waals surface area contributed by atoms with E-state index in [1.807, 2.05) is 36.4 Å². The first-order valence-electron chi connectivity index (χ1n) is 10.1. The molecule has 1 saturated heterocycles. The van der Waals surface area contributed by atoms with Crippen molar-refractivity contribution in [2.45, 2.75) is 6.92 Å². The summed E-state index contributed by atoms with van der Waals surface area (Å²) in [6.45, 7) is 7.20. The van der Waals surface area contributed by atoms with Crippen LogP contribution in [0.5, 0.6) is 5.75 Å². The number of halogens is 1. The van der Waals surface area contributed by atoms with Crippen LogP contribution in [-0.2, 0) is 0 Å². The van der Waals surface area contributed by atoms with E-state index < -0.39 is 0 Å². The molecule has 4 rings (SSSR count). The highest BCUT2D eigenvalue weighted by molar-refractivity contribution is 5.95. The van der Waals surface area contributed by atoms with Crippen LogP contribution >= 0.6 is 0 Å². The number of rotatable bonds is 6. The molecule has 1 fully saturated rings. The van der Waals surface area contributed by atoms with Crippen LogP contribution in [0, 0.1) is 5.82 Å². The van der Waals surface area contributed by atoms with Crippen molar-refractivity contribution >= 4 is 16.6 Å². The summed E-state index contributed by atoms with van der Waals surface area (Å²) in [7, 11) is 0. The third-order valence-corrected chi connectivity index (χ3v) is 5.40. The predicted molar refractivity (Wildman–Crippen MR) is 114 cm³/mol. The van der Waals surface area contributed by atoms with Gasteiger partial charge in [0.2, 0.25) is 0 Å². The molecule has 1 aliphatic heterocycles. The monoisotopic (exact) mass is 395 g/mol. The van der Waals surface area contributed by atoms with Crippen LogP contribution in [0.2, 0.25) is 0 Å². The summed E-state index contributed by atoms with van der Waals surface area (Å²) in [5.74, 6) is 1.31. The molecular formula is C23H26FN3O2. The minimum absolute atomic E-state index is 0.0147. The van der Waals surface area contributed by atoms with E-state index >= 15 is 0 Å². The number of ether oxygens (including phenoxy) is 1. The van der Waals surface area contributed by atoms with E-state index in [9.17, 15) is 4.39 Å². The molecular weight excluding hydrogens is 369 g/mol. The maximum atomic E-state index is 14.0. The van der Waals surface area contributed by atoms with Gasteiger partial charge in [-0.2, -0.15) is 0 Å². The second-order valence-electron chi connectivity index (χ2n) is 7.21. The summed E-state index contributed by atoms with van der Waals surface area (Å²) in [6.07, 6.45) is 0. The third kappa shape index (κ3) is 4.33. The fourth-order valence-electron chi connectivity index (χ4n) is 3.75. The van der Waals surface area contributed by atoms with E-state index in [0.29, 0.717) is 5.75 Å². The Morgan fingerprint density at radius 2 is 1.79 bits per heavy atom. The number of fused-ring (bicyclic) bond motifs is 1. The number of hydrogen-bond donors (Lipinski definition) is 1. The highest BCUT2D eigenvalue weighted by atomic mass is 19.1. The normalized spacial score (nSPS) is 15.1. The average molecular weight is 395 g/mol. The van der Waals surface area contributed by atoms with Crippen molar-refractivity contribution in [1.82, 2.24) is 9.88 Å². The van der Waals surface area contributed by atoms with Gasteiger partial charge in [0.25, 0.3) is 0 Å². The van der Waals surface area contributed by atoms with Crippen LogP contribution in [0.3, 0.4) is 0 Å². The van der Waals surface area contributed by atoms with Crippen LogP contribution in [0.25, 0.3) is 22.0 Å². The quantitative estimate of drug-likeness (QED) is 0.692. The molecule has 152 valence electrons. The number of anilines is 1. The maximum absolute atomic E-state index is 14.0. The zero-order valence-corrected chi connectivity index (χ0v) is 16.6. The molecule has 0 spiro atoms. The zero-order chi connectivity index (χ0) is 20.2. The predicted octanol–water partition coefficient (Wildman–Crippen LogP) is 3.55. The van der Waals surface area contributed by atoms with Gasteiger partial charge in [0.1, 0.15) is 24.0 Å².